The summed E-state index contributed by atoms with van der Waals surface area (Å²) in [6, 6.07) is -5.53. The van der Waals surface area contributed by atoms with Crippen molar-refractivity contribution in [2.45, 2.75) is 249 Å². The number of nitrogens with zero attached hydrogens (tertiary/aromatic N) is 9. The minimum absolute atomic E-state index is 0.0116. The molecule has 3 aliphatic heterocycles. The number of rotatable bonds is 12. The second-order valence-corrected chi connectivity index (χ2v) is 31.0. The van der Waals surface area contributed by atoms with Crippen LogP contribution in [0.3, 0.4) is 0 Å². The van der Waals surface area contributed by atoms with Crippen molar-refractivity contribution in [3.8, 4) is 0 Å². The predicted molar refractivity (Wildman–Crippen MR) is 378 cm³/mol. The molecule has 102 heavy (non-hydrogen) atoms. The average Bonchev–Trinajstić information content (AvgIpc) is 1.51. The van der Waals surface area contributed by atoms with Gasteiger partial charge in [0.1, 0.15) is 47.8 Å². The van der Waals surface area contributed by atoms with Crippen LogP contribution in [0, 0.1) is 23.7 Å². The first-order valence-electron chi connectivity index (χ1n) is 37.3. The molecule has 1 aromatic carbocycles. The number of likely N-dealkylation sites (tertiary alicyclic amines) is 1. The fourth-order valence-corrected chi connectivity index (χ4v) is 16.2. The van der Waals surface area contributed by atoms with Gasteiger partial charge < -0.3 is 60.0 Å². The lowest BCUT2D eigenvalue weighted by Crippen LogP contribution is -2.64. The number of alkyl halides is 3. The van der Waals surface area contributed by atoms with Crippen molar-refractivity contribution in [1.29, 1.82) is 0 Å². The molecule has 0 aromatic heterocycles. The summed E-state index contributed by atoms with van der Waals surface area (Å²) in [6.45, 7) is 6.47. The number of aryl methyl sites for hydroxylation is 1. The Kier molecular flexibility index (Phi) is 29.9. The maximum absolute atomic E-state index is 15.8. The van der Waals surface area contributed by atoms with Crippen LogP contribution in [-0.2, 0) is 70.1 Å². The Morgan fingerprint density at radius 1 is 0.588 bits per heavy atom. The molecule has 1 unspecified atom stereocenters. The van der Waals surface area contributed by atoms with E-state index in [0.29, 0.717) is 57.2 Å². The maximum atomic E-state index is 15.8. The second kappa shape index (κ2) is 37.1. The third-order valence-electron chi connectivity index (χ3n) is 22.6. The van der Waals surface area contributed by atoms with Gasteiger partial charge in [-0.2, -0.15) is 13.2 Å². The lowest BCUT2D eigenvalue weighted by atomic mass is 9.83. The molecule has 8 atom stereocenters. The molecule has 12 amide bonds. The van der Waals surface area contributed by atoms with Crippen LogP contribution in [0.25, 0.3) is 0 Å². The maximum Gasteiger partial charge on any atom is 0.417 e. The number of fused-ring (bicyclic) bond motifs is 1. The number of piperidine rings is 1. The van der Waals surface area contributed by atoms with Crippen molar-refractivity contribution >= 4 is 82.5 Å². The number of carbonyl (C=O) groups is 12. The van der Waals surface area contributed by atoms with E-state index in [1.165, 1.54) is 79.9 Å². The first-order chi connectivity index (χ1) is 48.2. The monoisotopic (exact) mass is 1450 g/mol. The molecule has 1 aromatic rings. The molecular formula is C74H114ClF3N12O12. The molecule has 0 radical (unpaired) electrons. The van der Waals surface area contributed by atoms with Gasteiger partial charge in [0.15, 0.2) is 0 Å². The molecule has 28 heteroatoms. The SMILES string of the molecule is CC[C@H](C)[C@@H]1NC(=O)[C@H](CC(C)C)N(C)C(=O)C[C@@H](C(=O)N2CCCCC2)N(C)C(=O)[C@H](CC2CCCCC2)N(C)C(=O)C2(CCCC2)NC(=O)C2CCCN2C(=O)[C@H](CCc2ccc(C(F)(F)F)c(Cl)c2)NC(=O)CN(C)C(=O)[C@H](CC2CCCCC2)N(C)C(=O)CN(C)C(=O)CN(C)C1=O. The number of nitrogens with one attached hydrogen (secondary N) is 3. The van der Waals surface area contributed by atoms with Gasteiger partial charge in [0.25, 0.3) is 0 Å². The summed E-state index contributed by atoms with van der Waals surface area (Å²) >= 11 is 6.17. The normalized spacial score (nSPS) is 26.6. The fraction of sp³-hybridized carbons (Fsp3) is 0.757. The third-order valence-corrected chi connectivity index (χ3v) is 22.9. The van der Waals surface area contributed by atoms with Crippen molar-refractivity contribution in [3.63, 3.8) is 0 Å². The summed E-state index contributed by atoms with van der Waals surface area (Å²) < 4.78 is 41.7. The Labute approximate surface area is 605 Å². The third kappa shape index (κ3) is 21.1. The summed E-state index contributed by atoms with van der Waals surface area (Å²) in [6.07, 6.45) is 8.16. The largest absolute Gasteiger partial charge is 0.417 e. The molecule has 3 N–H and O–H groups in total. The number of hydrogen-bond donors (Lipinski definition) is 3. The molecule has 6 aliphatic rings. The highest BCUT2D eigenvalue weighted by Gasteiger charge is 2.51. The number of halogens is 4. The summed E-state index contributed by atoms with van der Waals surface area (Å²) in [5.41, 5.74) is -2.34. The van der Waals surface area contributed by atoms with E-state index in [9.17, 15) is 41.9 Å². The van der Waals surface area contributed by atoms with E-state index in [0.717, 1.165) is 97.5 Å². The van der Waals surface area contributed by atoms with Gasteiger partial charge >= 0.3 is 6.18 Å². The summed E-state index contributed by atoms with van der Waals surface area (Å²) in [5, 5.41) is 8.21. The predicted octanol–water partition coefficient (Wildman–Crippen LogP) is 6.81. The molecule has 0 bridgehead atoms. The molecule has 1 spiro atoms. The quantitative estimate of drug-likeness (QED) is 0.195. The first-order valence-corrected chi connectivity index (χ1v) is 37.7. The highest BCUT2D eigenvalue weighted by Crippen LogP contribution is 2.38. The summed E-state index contributed by atoms with van der Waals surface area (Å²) in [7, 11) is 10.0. The van der Waals surface area contributed by atoms with Crippen LogP contribution in [-0.4, -0.2) is 251 Å². The number of carbonyl (C=O) groups excluding carboxylic acids is 12. The van der Waals surface area contributed by atoms with Crippen LogP contribution in [0.2, 0.25) is 5.02 Å². The number of benzene rings is 1. The van der Waals surface area contributed by atoms with Gasteiger partial charge in [-0.1, -0.05) is 129 Å². The van der Waals surface area contributed by atoms with Crippen molar-refractivity contribution in [1.82, 2.24) is 60.0 Å². The number of amides is 12. The first kappa shape index (κ1) is 82.2. The smallest absolute Gasteiger partial charge is 0.343 e. The zero-order valence-electron chi connectivity index (χ0n) is 62.1. The summed E-state index contributed by atoms with van der Waals surface area (Å²) in [5.74, 6) is -8.30. The van der Waals surface area contributed by atoms with Crippen molar-refractivity contribution in [2.75, 3.05) is 88.6 Å². The van der Waals surface area contributed by atoms with Gasteiger partial charge in [0.2, 0.25) is 70.9 Å². The fourth-order valence-electron chi connectivity index (χ4n) is 15.9. The second-order valence-electron chi connectivity index (χ2n) is 30.6. The zero-order valence-corrected chi connectivity index (χ0v) is 62.9. The van der Waals surface area contributed by atoms with E-state index in [2.05, 4.69) is 16.0 Å². The molecule has 24 nitrogen and oxygen atoms in total. The standard InChI is InChI=1S/C74H114ClF3N12O12/c1-12-48(4)64-71(101)84(7)45-62(93)82(5)46-63(94)86(9)57(41-49-25-16-13-17-26-49)68(98)83(6)44-60(91)79-54(33-31-51-30-32-52(53(75)40-51)74(76,77)78)67(97)90-38-24-29-55(90)66(96)81-73(34-20-21-35-73)72(102)88(11)58(42-50-27-18-14-19-28-50)69(99)87(10)59(70(100)89-36-22-15-23-37-89)43-61(92)85(8)56(39-47(2)3)65(95)80-64/h30,32,40,47-50,54-59,64H,12-29,31,33-39,41-46H2,1-11H3,(H,79,91)(H,80,95)(H,81,96)/t48-,54-,55?,56-,57-,58-,59-,64-/m0/s1. The van der Waals surface area contributed by atoms with E-state index < -0.39 is 167 Å². The van der Waals surface area contributed by atoms with Crippen LogP contribution in [0.4, 0.5) is 13.2 Å². The van der Waals surface area contributed by atoms with Crippen LogP contribution in [0.5, 0.6) is 0 Å². The van der Waals surface area contributed by atoms with Crippen molar-refractivity contribution < 1.29 is 70.7 Å². The Morgan fingerprint density at radius 3 is 1.72 bits per heavy atom. The Hall–Kier alpha value is -7.06. The van der Waals surface area contributed by atoms with Gasteiger partial charge in [-0.3, -0.25) is 57.5 Å². The molecule has 570 valence electrons. The molecule has 3 aliphatic carbocycles. The van der Waals surface area contributed by atoms with Crippen LogP contribution in [0.15, 0.2) is 18.2 Å². The van der Waals surface area contributed by atoms with E-state index in [4.69, 9.17) is 11.6 Å². The van der Waals surface area contributed by atoms with E-state index in [1.54, 1.807) is 11.8 Å². The lowest BCUT2D eigenvalue weighted by molar-refractivity contribution is -0.155. The van der Waals surface area contributed by atoms with Crippen LogP contribution >= 0.6 is 11.6 Å². The van der Waals surface area contributed by atoms with Gasteiger partial charge in [0.05, 0.1) is 36.6 Å². The van der Waals surface area contributed by atoms with E-state index >= 15 is 28.8 Å². The molecule has 3 saturated carbocycles. The zero-order chi connectivity index (χ0) is 75.1. The number of hydrogen-bond acceptors (Lipinski definition) is 12. The van der Waals surface area contributed by atoms with Crippen LogP contribution < -0.4 is 16.0 Å². The van der Waals surface area contributed by atoms with Gasteiger partial charge in [-0.05, 0) is 118 Å². The molecule has 3 heterocycles. The van der Waals surface area contributed by atoms with Crippen molar-refractivity contribution in [2.24, 2.45) is 23.7 Å². The van der Waals surface area contributed by atoms with E-state index in [-0.39, 0.29) is 75.7 Å². The van der Waals surface area contributed by atoms with Gasteiger partial charge in [0, 0.05) is 69.0 Å². The Bertz CT molecular complexity index is 3150. The Balaban J connectivity index is 1.29. The van der Waals surface area contributed by atoms with Crippen LogP contribution in [0.1, 0.15) is 199 Å². The van der Waals surface area contributed by atoms with Gasteiger partial charge in [-0.15, -0.1) is 0 Å². The topological polar surface area (TPSA) is 270 Å². The highest BCUT2D eigenvalue weighted by molar-refractivity contribution is 6.31. The number of likely N-dealkylation sites (N-methyl/N-ethyl adjacent to an activating group) is 7. The molecular weight excluding hydrogens is 1340 g/mol. The minimum atomic E-state index is -4.76. The molecule has 3 saturated heterocycles. The summed E-state index contributed by atoms with van der Waals surface area (Å²) in [4.78, 5) is 191. The minimum Gasteiger partial charge on any atom is -0.343 e. The van der Waals surface area contributed by atoms with Crippen molar-refractivity contribution in [3.05, 3.63) is 34.3 Å². The lowest BCUT2D eigenvalue weighted by Gasteiger charge is -2.42. The molecule has 6 fully saturated rings. The highest BCUT2D eigenvalue weighted by atomic mass is 35.5. The molecule has 7 rings (SSSR count). The Morgan fingerprint density at radius 2 is 1.15 bits per heavy atom. The average molecular weight is 1460 g/mol. The van der Waals surface area contributed by atoms with E-state index in [1.807, 2.05) is 20.8 Å². The van der Waals surface area contributed by atoms with Gasteiger partial charge in [-0.25, -0.2) is 0 Å².